The van der Waals surface area contributed by atoms with Crippen molar-refractivity contribution in [2.45, 2.75) is 33.2 Å². The normalized spacial score (nSPS) is 16.6. The van der Waals surface area contributed by atoms with Crippen molar-refractivity contribution in [3.63, 3.8) is 0 Å². The maximum Gasteiger partial charge on any atom is 0.254 e. The number of carbonyl (C=O) groups excluding carboxylic acids is 1. The minimum absolute atomic E-state index is 0.0990. The molecule has 0 N–H and O–H groups in total. The molecule has 112 valence electrons. The summed E-state index contributed by atoms with van der Waals surface area (Å²) < 4.78 is 0. The zero-order valence-corrected chi connectivity index (χ0v) is 13.3. The number of piperazine rings is 1. The summed E-state index contributed by atoms with van der Waals surface area (Å²) in [5, 5.41) is 9.19. The molecule has 1 aliphatic heterocycles. The van der Waals surface area contributed by atoms with Crippen LogP contribution < -0.4 is 0 Å². The number of carbonyl (C=O) groups is 1. The smallest absolute Gasteiger partial charge is 0.254 e. The van der Waals surface area contributed by atoms with E-state index in [-0.39, 0.29) is 5.91 Å². The molecule has 1 aliphatic rings. The van der Waals surface area contributed by atoms with Crippen LogP contribution in [-0.4, -0.2) is 47.4 Å². The minimum Gasteiger partial charge on any atom is -0.336 e. The lowest BCUT2D eigenvalue weighted by Crippen LogP contribution is -2.55. The van der Waals surface area contributed by atoms with Crippen molar-refractivity contribution in [3.8, 4) is 6.07 Å². The van der Waals surface area contributed by atoms with Crippen LogP contribution in [0.15, 0.2) is 18.2 Å². The van der Waals surface area contributed by atoms with Crippen LogP contribution in [0.5, 0.6) is 0 Å². The van der Waals surface area contributed by atoms with Gasteiger partial charge in [-0.05, 0) is 39.3 Å². The summed E-state index contributed by atoms with van der Waals surface area (Å²) in [5.41, 5.74) is 2.52. The van der Waals surface area contributed by atoms with Crippen LogP contribution in [0.2, 0.25) is 0 Å². The molecule has 1 aromatic carbocycles. The van der Waals surface area contributed by atoms with Crippen molar-refractivity contribution in [2.24, 2.45) is 0 Å². The predicted molar refractivity (Wildman–Crippen MR) is 83.1 cm³/mol. The van der Waals surface area contributed by atoms with Gasteiger partial charge in [-0.2, -0.15) is 5.26 Å². The fourth-order valence-electron chi connectivity index (χ4n) is 2.76. The molecule has 1 fully saturated rings. The van der Waals surface area contributed by atoms with E-state index in [2.05, 4.69) is 11.0 Å². The average molecular weight is 285 g/mol. The molecular weight excluding hydrogens is 262 g/mol. The summed E-state index contributed by atoms with van der Waals surface area (Å²) >= 11 is 0. The quantitative estimate of drug-likeness (QED) is 0.838. The molecule has 0 unspecified atom stereocenters. The first-order chi connectivity index (χ1) is 9.85. The van der Waals surface area contributed by atoms with Gasteiger partial charge in [0, 0.05) is 31.7 Å². The van der Waals surface area contributed by atoms with E-state index in [0.29, 0.717) is 13.1 Å². The van der Waals surface area contributed by atoms with Crippen molar-refractivity contribution >= 4 is 5.91 Å². The van der Waals surface area contributed by atoms with Crippen molar-refractivity contribution < 1.29 is 4.79 Å². The molecule has 0 bridgehead atoms. The van der Waals surface area contributed by atoms with E-state index in [1.807, 2.05) is 50.8 Å². The third kappa shape index (κ3) is 3.25. The Balaban J connectivity index is 2.06. The Morgan fingerprint density at radius 3 is 2.33 bits per heavy atom. The van der Waals surface area contributed by atoms with Crippen LogP contribution in [0.1, 0.15) is 35.3 Å². The molecule has 1 heterocycles. The van der Waals surface area contributed by atoms with Gasteiger partial charge in [0.05, 0.1) is 6.07 Å². The summed E-state index contributed by atoms with van der Waals surface area (Å²) in [4.78, 5) is 16.6. The van der Waals surface area contributed by atoms with Gasteiger partial charge in [-0.25, -0.2) is 0 Å². The van der Waals surface area contributed by atoms with Gasteiger partial charge in [0.15, 0.2) is 0 Å². The van der Waals surface area contributed by atoms with Crippen LogP contribution in [-0.2, 0) is 0 Å². The standard InChI is InChI=1S/C17H23N3O/c1-13-5-6-15(14(2)11-13)16(21)19-7-9-20(10-8-19)17(3,4)12-18/h5-6,11H,7-10H2,1-4H3. The maximum atomic E-state index is 12.6. The summed E-state index contributed by atoms with van der Waals surface area (Å²) in [6.45, 7) is 10.7. The van der Waals surface area contributed by atoms with Gasteiger partial charge in [0.1, 0.15) is 5.54 Å². The lowest BCUT2D eigenvalue weighted by Gasteiger charge is -2.40. The van der Waals surface area contributed by atoms with Crippen molar-refractivity contribution in [1.82, 2.24) is 9.80 Å². The molecule has 4 nitrogen and oxygen atoms in total. The fraction of sp³-hybridized carbons (Fsp3) is 0.529. The van der Waals surface area contributed by atoms with Gasteiger partial charge in [-0.3, -0.25) is 9.69 Å². The van der Waals surface area contributed by atoms with Gasteiger partial charge in [-0.15, -0.1) is 0 Å². The van der Waals surface area contributed by atoms with E-state index in [4.69, 9.17) is 0 Å². The average Bonchev–Trinajstić information content (AvgIpc) is 2.47. The Morgan fingerprint density at radius 2 is 1.81 bits per heavy atom. The zero-order chi connectivity index (χ0) is 15.6. The van der Waals surface area contributed by atoms with Gasteiger partial charge in [0.2, 0.25) is 0 Å². The second kappa shape index (κ2) is 5.87. The van der Waals surface area contributed by atoms with E-state index in [0.717, 1.165) is 24.2 Å². The molecule has 2 rings (SSSR count). The van der Waals surface area contributed by atoms with Crippen LogP contribution in [0.4, 0.5) is 0 Å². The highest BCUT2D eigenvalue weighted by atomic mass is 16.2. The second-order valence-electron chi connectivity index (χ2n) is 6.27. The van der Waals surface area contributed by atoms with Crippen molar-refractivity contribution in [3.05, 3.63) is 34.9 Å². The molecule has 1 amide bonds. The first-order valence-corrected chi connectivity index (χ1v) is 7.38. The zero-order valence-electron chi connectivity index (χ0n) is 13.3. The Labute approximate surface area is 127 Å². The van der Waals surface area contributed by atoms with E-state index in [1.54, 1.807) is 0 Å². The first-order valence-electron chi connectivity index (χ1n) is 7.38. The number of amides is 1. The van der Waals surface area contributed by atoms with E-state index < -0.39 is 5.54 Å². The number of nitrogens with zero attached hydrogens (tertiary/aromatic N) is 3. The largest absolute Gasteiger partial charge is 0.336 e. The van der Waals surface area contributed by atoms with Gasteiger partial charge in [0.25, 0.3) is 5.91 Å². The van der Waals surface area contributed by atoms with Crippen LogP contribution >= 0.6 is 0 Å². The SMILES string of the molecule is Cc1ccc(C(=O)N2CCN(C(C)(C)C#N)CC2)c(C)c1. The van der Waals surface area contributed by atoms with Crippen LogP contribution in [0, 0.1) is 25.2 Å². The Hall–Kier alpha value is -1.86. The molecule has 4 heteroatoms. The predicted octanol–water partition coefficient (Wildman–Crippen LogP) is 2.36. The molecule has 21 heavy (non-hydrogen) atoms. The maximum absolute atomic E-state index is 12.6. The second-order valence-corrected chi connectivity index (χ2v) is 6.27. The highest BCUT2D eigenvalue weighted by Crippen LogP contribution is 2.18. The van der Waals surface area contributed by atoms with Gasteiger partial charge >= 0.3 is 0 Å². The Morgan fingerprint density at radius 1 is 1.19 bits per heavy atom. The van der Waals surface area contributed by atoms with Crippen molar-refractivity contribution in [1.29, 1.82) is 5.26 Å². The molecule has 1 saturated heterocycles. The number of nitriles is 1. The third-order valence-corrected chi connectivity index (χ3v) is 4.24. The third-order valence-electron chi connectivity index (χ3n) is 4.24. The lowest BCUT2D eigenvalue weighted by molar-refractivity contribution is 0.0520. The molecule has 0 spiro atoms. The summed E-state index contributed by atoms with van der Waals surface area (Å²) in [6.07, 6.45) is 0. The molecule has 0 atom stereocenters. The van der Waals surface area contributed by atoms with Gasteiger partial charge < -0.3 is 4.90 Å². The molecule has 0 aliphatic carbocycles. The lowest BCUT2D eigenvalue weighted by atomic mass is 10.0. The van der Waals surface area contributed by atoms with E-state index in [1.165, 1.54) is 5.56 Å². The summed E-state index contributed by atoms with van der Waals surface area (Å²) in [5.74, 6) is 0.0990. The number of aryl methyl sites for hydroxylation is 2. The number of hydrogen-bond donors (Lipinski definition) is 0. The van der Waals surface area contributed by atoms with Gasteiger partial charge in [-0.1, -0.05) is 17.7 Å². The topological polar surface area (TPSA) is 47.3 Å². The Bertz CT molecular complexity index is 578. The monoisotopic (exact) mass is 285 g/mol. The number of benzene rings is 1. The van der Waals surface area contributed by atoms with E-state index in [9.17, 15) is 10.1 Å². The van der Waals surface area contributed by atoms with Crippen LogP contribution in [0.3, 0.4) is 0 Å². The fourth-order valence-corrected chi connectivity index (χ4v) is 2.76. The summed E-state index contributed by atoms with van der Waals surface area (Å²) in [7, 11) is 0. The Kier molecular flexibility index (Phi) is 4.34. The highest BCUT2D eigenvalue weighted by Gasteiger charge is 2.31. The molecule has 0 radical (unpaired) electrons. The molecule has 0 aromatic heterocycles. The van der Waals surface area contributed by atoms with Crippen molar-refractivity contribution in [2.75, 3.05) is 26.2 Å². The molecular formula is C17H23N3O. The molecule has 1 aromatic rings. The van der Waals surface area contributed by atoms with Crippen LogP contribution in [0.25, 0.3) is 0 Å². The number of hydrogen-bond acceptors (Lipinski definition) is 3. The minimum atomic E-state index is -0.463. The highest BCUT2D eigenvalue weighted by molar-refractivity contribution is 5.95. The van der Waals surface area contributed by atoms with E-state index >= 15 is 0 Å². The number of rotatable bonds is 2. The molecule has 0 saturated carbocycles. The summed E-state index contributed by atoms with van der Waals surface area (Å²) in [6, 6.07) is 8.27. The first kappa shape index (κ1) is 15.5.